The molecular weight excluding hydrogens is 496 g/mol. The van der Waals surface area contributed by atoms with E-state index in [4.69, 9.17) is 4.74 Å². The van der Waals surface area contributed by atoms with Gasteiger partial charge in [-0.25, -0.2) is 0 Å². The average Bonchev–Trinajstić information content (AvgIpc) is 3.27. The second-order valence-electron chi connectivity index (χ2n) is 14.0. The van der Waals surface area contributed by atoms with Gasteiger partial charge in [0.05, 0.1) is 0 Å². The monoisotopic (exact) mass is 550 g/mol. The van der Waals surface area contributed by atoms with E-state index < -0.39 is 6.10 Å². The van der Waals surface area contributed by atoms with Crippen LogP contribution >= 0.6 is 11.8 Å². The van der Waals surface area contributed by atoms with Crippen molar-refractivity contribution in [2.24, 2.45) is 34.5 Å². The molecule has 1 aromatic carbocycles. The van der Waals surface area contributed by atoms with E-state index in [1.165, 1.54) is 83.5 Å². The Morgan fingerprint density at radius 1 is 0.974 bits per heavy atom. The third-order valence-electron chi connectivity index (χ3n) is 11.8. The number of fused-ring (bicyclic) bond motifs is 5. The van der Waals surface area contributed by atoms with Gasteiger partial charge in [0.2, 0.25) is 5.12 Å². The highest BCUT2D eigenvalue weighted by Gasteiger charge is 2.58. The fourth-order valence-corrected chi connectivity index (χ4v) is 10.6. The van der Waals surface area contributed by atoms with Gasteiger partial charge in [0.15, 0.2) is 6.10 Å². The lowest BCUT2D eigenvalue weighted by Gasteiger charge is -2.58. The first-order valence-electron chi connectivity index (χ1n) is 16.5. The predicted octanol–water partition coefficient (Wildman–Crippen LogP) is 10.4. The lowest BCUT2D eigenvalue weighted by atomic mass is 9.47. The van der Waals surface area contributed by atoms with E-state index in [9.17, 15) is 4.79 Å². The second-order valence-corrected chi connectivity index (χ2v) is 15.3. The quantitative estimate of drug-likeness (QED) is 0.202. The third-order valence-corrected chi connectivity index (χ3v) is 13.1. The normalized spacial score (nSPS) is 36.3. The fraction of sp³-hybridized carbons (Fsp3) is 0.750. The summed E-state index contributed by atoms with van der Waals surface area (Å²) < 4.78 is 5.93. The van der Waals surface area contributed by atoms with Gasteiger partial charge in [-0.3, -0.25) is 4.79 Å². The lowest BCUT2D eigenvalue weighted by Crippen LogP contribution is -2.50. The van der Waals surface area contributed by atoms with Crippen LogP contribution in [0.3, 0.4) is 0 Å². The molecule has 0 aromatic heterocycles. The minimum Gasteiger partial charge on any atom is -0.482 e. The van der Waals surface area contributed by atoms with Crippen LogP contribution in [0.1, 0.15) is 124 Å². The Labute approximate surface area is 243 Å². The standard InChI is InChI=1S/C36H54O2S/c1-5-6-7-8-9-11-14-27-18-20-32-31-19-17-28-25-30(21-23-36(28,4)33(31)22-24-35(27,32)3)39-34(37)26(2)38-29-15-12-10-13-16-29/h10,12-13,15-17,26-27,30-33H,5-9,11,14,18-25H2,1-4H3/t26-,27+,30-,31-,32+,33-,35+,36-/m0/s1. The average molecular weight is 551 g/mol. The predicted molar refractivity (Wildman–Crippen MR) is 166 cm³/mol. The van der Waals surface area contributed by atoms with E-state index >= 15 is 0 Å². The van der Waals surface area contributed by atoms with Gasteiger partial charge in [-0.1, -0.05) is 101 Å². The molecule has 0 radical (unpaired) electrons. The van der Waals surface area contributed by atoms with E-state index in [0.717, 1.165) is 42.3 Å². The van der Waals surface area contributed by atoms with Gasteiger partial charge in [0.25, 0.3) is 0 Å². The number of para-hydroxylation sites is 1. The van der Waals surface area contributed by atoms with Crippen molar-refractivity contribution in [3.05, 3.63) is 42.0 Å². The van der Waals surface area contributed by atoms with Gasteiger partial charge in [-0.05, 0) is 111 Å². The van der Waals surface area contributed by atoms with E-state index in [-0.39, 0.29) is 5.12 Å². The topological polar surface area (TPSA) is 26.3 Å². The van der Waals surface area contributed by atoms with Crippen molar-refractivity contribution < 1.29 is 9.53 Å². The maximum atomic E-state index is 13.0. The summed E-state index contributed by atoms with van der Waals surface area (Å²) in [6.07, 6.45) is 22.9. The molecule has 39 heavy (non-hydrogen) atoms. The second kappa shape index (κ2) is 12.7. The number of hydrogen-bond donors (Lipinski definition) is 0. The summed E-state index contributed by atoms with van der Waals surface area (Å²) in [6, 6.07) is 9.75. The molecule has 2 nitrogen and oxygen atoms in total. The van der Waals surface area contributed by atoms with Gasteiger partial charge in [0.1, 0.15) is 5.75 Å². The number of benzene rings is 1. The number of thioether (sulfide) groups is 1. The van der Waals surface area contributed by atoms with E-state index in [1.54, 1.807) is 17.3 Å². The van der Waals surface area contributed by atoms with E-state index in [2.05, 4.69) is 26.8 Å². The fourth-order valence-electron chi connectivity index (χ4n) is 9.49. The van der Waals surface area contributed by atoms with Crippen LogP contribution in [-0.4, -0.2) is 16.5 Å². The summed E-state index contributed by atoms with van der Waals surface area (Å²) in [5, 5.41) is 0.578. The molecule has 8 atom stereocenters. The van der Waals surface area contributed by atoms with Crippen LogP contribution in [0.15, 0.2) is 42.0 Å². The Morgan fingerprint density at radius 2 is 1.74 bits per heavy atom. The van der Waals surface area contributed by atoms with Crippen molar-refractivity contribution >= 4 is 16.9 Å². The molecule has 1 aromatic rings. The van der Waals surface area contributed by atoms with Crippen LogP contribution in [0, 0.1) is 34.5 Å². The summed E-state index contributed by atoms with van der Waals surface area (Å²) >= 11 is 1.56. The Hall–Kier alpha value is -1.22. The van der Waals surface area contributed by atoms with Crippen molar-refractivity contribution in [2.75, 3.05) is 0 Å². The molecule has 0 unspecified atom stereocenters. The number of unbranched alkanes of at least 4 members (excludes halogenated alkanes) is 5. The lowest BCUT2D eigenvalue weighted by molar-refractivity contribution is -0.116. The van der Waals surface area contributed by atoms with Gasteiger partial charge in [0, 0.05) is 5.25 Å². The third kappa shape index (κ3) is 6.19. The maximum absolute atomic E-state index is 13.0. The Bertz CT molecular complexity index is 987. The van der Waals surface area contributed by atoms with Gasteiger partial charge >= 0.3 is 0 Å². The first kappa shape index (κ1) is 29.3. The number of allylic oxidation sites excluding steroid dienone is 2. The molecular formula is C36H54O2S. The molecule has 4 aliphatic carbocycles. The Kier molecular flexibility index (Phi) is 9.57. The zero-order valence-corrected chi connectivity index (χ0v) is 26.1. The van der Waals surface area contributed by atoms with Gasteiger partial charge in [-0.15, -0.1) is 0 Å². The maximum Gasteiger partial charge on any atom is 0.229 e. The molecule has 0 heterocycles. The number of carbonyl (C=O) groups is 1. The zero-order chi connectivity index (χ0) is 27.5. The van der Waals surface area contributed by atoms with Crippen LogP contribution in [-0.2, 0) is 4.79 Å². The van der Waals surface area contributed by atoms with Crippen LogP contribution in [0.2, 0.25) is 0 Å². The SMILES string of the molecule is CCCCCCCC[C@@H]1CC[C@@H]2[C@@H]3CC=C4C[C@@H](SC(=O)[C@H](C)Oc5ccccc5)CC[C@]4(C)[C@H]3CC[C@]12C. The Balaban J connectivity index is 1.16. The molecule has 3 saturated carbocycles. The van der Waals surface area contributed by atoms with Crippen molar-refractivity contribution in [3.8, 4) is 5.75 Å². The summed E-state index contributed by atoms with van der Waals surface area (Å²) in [4.78, 5) is 13.0. The van der Waals surface area contributed by atoms with Crippen LogP contribution in [0.25, 0.3) is 0 Å². The molecule has 3 heteroatoms. The van der Waals surface area contributed by atoms with E-state index in [0.29, 0.717) is 16.1 Å². The highest BCUT2D eigenvalue weighted by atomic mass is 32.2. The van der Waals surface area contributed by atoms with Crippen molar-refractivity contribution in [1.82, 2.24) is 0 Å². The first-order valence-corrected chi connectivity index (χ1v) is 17.3. The van der Waals surface area contributed by atoms with Gasteiger partial charge in [-0.2, -0.15) is 0 Å². The highest BCUT2D eigenvalue weighted by Crippen LogP contribution is 2.67. The summed E-state index contributed by atoms with van der Waals surface area (Å²) in [5.41, 5.74) is 2.62. The highest BCUT2D eigenvalue weighted by molar-refractivity contribution is 8.14. The number of rotatable bonds is 11. The molecule has 0 saturated heterocycles. The molecule has 5 rings (SSSR count). The molecule has 0 N–H and O–H groups in total. The molecule has 216 valence electrons. The van der Waals surface area contributed by atoms with Crippen LogP contribution in [0.4, 0.5) is 0 Å². The van der Waals surface area contributed by atoms with Gasteiger partial charge < -0.3 is 4.74 Å². The summed E-state index contributed by atoms with van der Waals surface area (Å²) in [7, 11) is 0. The molecule has 0 bridgehead atoms. The van der Waals surface area contributed by atoms with Crippen LogP contribution < -0.4 is 4.74 Å². The Morgan fingerprint density at radius 3 is 2.54 bits per heavy atom. The van der Waals surface area contributed by atoms with E-state index in [1.807, 2.05) is 37.3 Å². The largest absolute Gasteiger partial charge is 0.482 e. The smallest absolute Gasteiger partial charge is 0.229 e. The zero-order valence-electron chi connectivity index (χ0n) is 25.3. The summed E-state index contributed by atoms with van der Waals surface area (Å²) in [6.45, 7) is 9.52. The minimum atomic E-state index is -0.405. The molecule has 0 spiro atoms. The van der Waals surface area contributed by atoms with Crippen molar-refractivity contribution in [1.29, 1.82) is 0 Å². The molecule has 0 amide bonds. The minimum absolute atomic E-state index is 0.178. The first-order chi connectivity index (χ1) is 18.8. The molecule has 4 aliphatic rings. The molecule has 0 aliphatic heterocycles. The van der Waals surface area contributed by atoms with Crippen molar-refractivity contribution in [3.63, 3.8) is 0 Å². The number of carbonyl (C=O) groups excluding carboxylic acids is 1. The summed E-state index contributed by atoms with van der Waals surface area (Å²) in [5.74, 6) is 4.41. The van der Waals surface area contributed by atoms with Crippen LogP contribution in [0.5, 0.6) is 5.75 Å². The number of hydrogen-bond acceptors (Lipinski definition) is 3. The number of ether oxygens (including phenoxy) is 1. The van der Waals surface area contributed by atoms with Crippen molar-refractivity contribution in [2.45, 2.75) is 135 Å². The molecule has 3 fully saturated rings.